The number of anilines is 1. The second-order valence-electron chi connectivity index (χ2n) is 5.46. The fourth-order valence-electron chi connectivity index (χ4n) is 2.32. The van der Waals surface area contributed by atoms with E-state index >= 15 is 0 Å². The van der Waals surface area contributed by atoms with E-state index in [4.69, 9.17) is 0 Å². The van der Waals surface area contributed by atoms with Crippen molar-refractivity contribution >= 4 is 28.8 Å². The molecule has 0 aliphatic heterocycles. The van der Waals surface area contributed by atoms with Crippen LogP contribution >= 0.6 is 11.3 Å². The molecule has 0 saturated carbocycles. The molecule has 6 heteroatoms. The van der Waals surface area contributed by atoms with E-state index in [0.29, 0.717) is 16.1 Å². The highest BCUT2D eigenvalue weighted by Gasteiger charge is 2.13. The number of thiophene rings is 1. The Morgan fingerprint density at radius 3 is 2.64 bits per heavy atom. The number of carbonyl (C=O) groups is 2. The van der Waals surface area contributed by atoms with Gasteiger partial charge in [0.2, 0.25) is 0 Å². The lowest BCUT2D eigenvalue weighted by Gasteiger charge is -2.14. The molecule has 3 aromatic rings. The number of carbonyl (C=O) groups excluding carboxylic acids is 2. The lowest BCUT2D eigenvalue weighted by Crippen LogP contribution is -2.27. The molecule has 2 N–H and O–H groups in total. The Hall–Kier alpha value is -2.99. The summed E-state index contributed by atoms with van der Waals surface area (Å²) in [6, 6.07) is 15.8. The van der Waals surface area contributed by atoms with Crippen LogP contribution in [0.4, 0.5) is 5.69 Å². The molecule has 5 nitrogen and oxygen atoms in total. The predicted molar refractivity (Wildman–Crippen MR) is 98.8 cm³/mol. The first-order chi connectivity index (χ1) is 12.1. The molecule has 1 aromatic carbocycles. The minimum Gasteiger partial charge on any atom is -0.344 e. The lowest BCUT2D eigenvalue weighted by atomic mass is 10.1. The minimum absolute atomic E-state index is 0.186. The Morgan fingerprint density at radius 2 is 1.92 bits per heavy atom. The predicted octanol–water partition coefficient (Wildman–Crippen LogP) is 3.89. The Bertz CT molecular complexity index is 863. The van der Waals surface area contributed by atoms with Gasteiger partial charge in [0.25, 0.3) is 11.8 Å². The van der Waals surface area contributed by atoms with Crippen LogP contribution in [-0.4, -0.2) is 16.8 Å². The zero-order chi connectivity index (χ0) is 17.6. The van der Waals surface area contributed by atoms with Crippen molar-refractivity contribution in [3.63, 3.8) is 0 Å². The molecule has 2 aromatic heterocycles. The van der Waals surface area contributed by atoms with E-state index in [1.165, 1.54) is 11.3 Å². The van der Waals surface area contributed by atoms with Gasteiger partial charge in [0, 0.05) is 17.4 Å². The van der Waals surface area contributed by atoms with Crippen LogP contribution < -0.4 is 10.6 Å². The summed E-state index contributed by atoms with van der Waals surface area (Å²) < 4.78 is 0. The number of amides is 2. The summed E-state index contributed by atoms with van der Waals surface area (Å²) in [4.78, 5) is 29.4. The van der Waals surface area contributed by atoms with Crippen molar-refractivity contribution in [1.29, 1.82) is 0 Å². The summed E-state index contributed by atoms with van der Waals surface area (Å²) in [5.74, 6) is -0.403. The number of pyridine rings is 1. The molecule has 0 aliphatic carbocycles. The van der Waals surface area contributed by atoms with Gasteiger partial charge in [-0.05, 0) is 48.7 Å². The Morgan fingerprint density at radius 1 is 1.04 bits per heavy atom. The number of aromatic nitrogens is 1. The summed E-state index contributed by atoms with van der Waals surface area (Å²) in [5.41, 5.74) is 1.85. The van der Waals surface area contributed by atoms with Gasteiger partial charge in [-0.3, -0.25) is 14.6 Å². The Balaban J connectivity index is 1.68. The number of nitrogens with one attached hydrogen (secondary N) is 2. The molecular formula is C19H17N3O2S. The molecule has 0 spiro atoms. The highest BCUT2D eigenvalue weighted by Crippen LogP contribution is 2.16. The van der Waals surface area contributed by atoms with Gasteiger partial charge >= 0.3 is 0 Å². The van der Waals surface area contributed by atoms with E-state index in [9.17, 15) is 9.59 Å². The van der Waals surface area contributed by atoms with Crippen LogP contribution in [0.1, 0.15) is 38.7 Å². The zero-order valence-corrected chi connectivity index (χ0v) is 14.4. The molecular weight excluding hydrogens is 334 g/mol. The third-order valence-corrected chi connectivity index (χ3v) is 4.48. The van der Waals surface area contributed by atoms with Crippen molar-refractivity contribution in [2.75, 3.05) is 5.32 Å². The molecule has 0 aliphatic rings. The summed E-state index contributed by atoms with van der Waals surface area (Å²) >= 11 is 1.37. The van der Waals surface area contributed by atoms with E-state index in [2.05, 4.69) is 15.6 Å². The van der Waals surface area contributed by atoms with E-state index in [1.54, 1.807) is 36.5 Å². The van der Waals surface area contributed by atoms with Gasteiger partial charge in [-0.2, -0.15) is 0 Å². The molecule has 25 heavy (non-hydrogen) atoms. The molecule has 2 heterocycles. The van der Waals surface area contributed by atoms with Crippen molar-refractivity contribution in [2.24, 2.45) is 0 Å². The first-order valence-electron chi connectivity index (χ1n) is 7.80. The normalized spacial score (nSPS) is 11.6. The topological polar surface area (TPSA) is 71.1 Å². The van der Waals surface area contributed by atoms with Gasteiger partial charge in [-0.15, -0.1) is 11.3 Å². The van der Waals surface area contributed by atoms with Crippen molar-refractivity contribution in [1.82, 2.24) is 10.3 Å². The molecule has 0 radical (unpaired) electrons. The molecule has 0 saturated heterocycles. The number of hydrogen-bond donors (Lipinski definition) is 2. The van der Waals surface area contributed by atoms with Gasteiger partial charge in [0.05, 0.1) is 16.6 Å². The standard InChI is InChI=1S/C19H17N3O2S/c1-13(16-8-2-3-10-20-16)21-18(23)14-6-4-7-15(12-14)22-19(24)17-9-5-11-25-17/h2-13H,1H3,(H,21,23)(H,22,24)/t13-/m1/s1. The number of hydrogen-bond acceptors (Lipinski definition) is 4. The van der Waals surface area contributed by atoms with Crippen molar-refractivity contribution in [3.05, 3.63) is 82.3 Å². The monoisotopic (exact) mass is 351 g/mol. The third-order valence-electron chi connectivity index (χ3n) is 3.61. The van der Waals surface area contributed by atoms with Crippen LogP contribution in [-0.2, 0) is 0 Å². The highest BCUT2D eigenvalue weighted by atomic mass is 32.1. The van der Waals surface area contributed by atoms with Gasteiger partial charge in [0.1, 0.15) is 0 Å². The number of nitrogens with zero attached hydrogens (tertiary/aromatic N) is 1. The van der Waals surface area contributed by atoms with E-state index in [1.807, 2.05) is 36.6 Å². The first kappa shape index (κ1) is 16.9. The highest BCUT2D eigenvalue weighted by molar-refractivity contribution is 7.12. The number of rotatable bonds is 5. The molecule has 0 bridgehead atoms. The molecule has 2 amide bonds. The third kappa shape index (κ3) is 4.30. The van der Waals surface area contributed by atoms with Crippen LogP contribution in [0.5, 0.6) is 0 Å². The molecule has 0 fully saturated rings. The van der Waals surface area contributed by atoms with E-state index in [0.717, 1.165) is 5.69 Å². The quantitative estimate of drug-likeness (QED) is 0.733. The smallest absolute Gasteiger partial charge is 0.265 e. The maximum atomic E-state index is 12.4. The van der Waals surface area contributed by atoms with E-state index < -0.39 is 0 Å². The van der Waals surface area contributed by atoms with Crippen molar-refractivity contribution in [2.45, 2.75) is 13.0 Å². The summed E-state index contributed by atoms with van der Waals surface area (Å²) in [6.45, 7) is 1.88. The SMILES string of the molecule is C[C@@H](NC(=O)c1cccc(NC(=O)c2cccs2)c1)c1ccccn1. The maximum absolute atomic E-state index is 12.4. The summed E-state index contributed by atoms with van der Waals surface area (Å²) in [7, 11) is 0. The largest absolute Gasteiger partial charge is 0.344 e. The maximum Gasteiger partial charge on any atom is 0.265 e. The van der Waals surface area contributed by atoms with Crippen LogP contribution in [0, 0.1) is 0 Å². The average molecular weight is 351 g/mol. The fraction of sp³-hybridized carbons (Fsp3) is 0.105. The first-order valence-corrected chi connectivity index (χ1v) is 8.68. The second kappa shape index (κ2) is 7.72. The second-order valence-corrected chi connectivity index (χ2v) is 6.41. The summed E-state index contributed by atoms with van der Waals surface area (Å²) in [6.07, 6.45) is 1.69. The van der Waals surface area contributed by atoms with Gasteiger partial charge < -0.3 is 10.6 Å². The average Bonchev–Trinajstić information content (AvgIpc) is 3.17. The molecule has 0 unspecified atom stereocenters. The van der Waals surface area contributed by atoms with Crippen LogP contribution in [0.3, 0.4) is 0 Å². The molecule has 3 rings (SSSR count). The molecule has 1 atom stereocenters. The van der Waals surface area contributed by atoms with Gasteiger partial charge in [-0.25, -0.2) is 0 Å². The molecule has 126 valence electrons. The van der Waals surface area contributed by atoms with E-state index in [-0.39, 0.29) is 17.9 Å². The Kier molecular flexibility index (Phi) is 5.20. The van der Waals surface area contributed by atoms with Gasteiger partial charge in [0.15, 0.2) is 0 Å². The van der Waals surface area contributed by atoms with Gasteiger partial charge in [-0.1, -0.05) is 18.2 Å². The summed E-state index contributed by atoms with van der Waals surface area (Å²) in [5, 5.41) is 7.56. The zero-order valence-electron chi connectivity index (χ0n) is 13.6. The van der Waals surface area contributed by atoms with Crippen LogP contribution in [0.25, 0.3) is 0 Å². The van der Waals surface area contributed by atoms with Crippen molar-refractivity contribution < 1.29 is 9.59 Å². The minimum atomic E-state index is -0.217. The number of benzene rings is 1. The van der Waals surface area contributed by atoms with Crippen molar-refractivity contribution in [3.8, 4) is 0 Å². The van der Waals surface area contributed by atoms with Crippen LogP contribution in [0.15, 0.2) is 66.2 Å². The lowest BCUT2D eigenvalue weighted by molar-refractivity contribution is 0.0938. The van der Waals surface area contributed by atoms with Crippen LogP contribution in [0.2, 0.25) is 0 Å². The fourth-order valence-corrected chi connectivity index (χ4v) is 2.94. The Labute approximate surface area is 149 Å².